The summed E-state index contributed by atoms with van der Waals surface area (Å²) in [5.74, 6) is 1.04. The Bertz CT molecular complexity index is 869. The van der Waals surface area contributed by atoms with Gasteiger partial charge in [-0.25, -0.2) is 0 Å². The number of benzene rings is 1. The van der Waals surface area contributed by atoms with Crippen LogP contribution in [-0.2, 0) is 6.54 Å². The van der Waals surface area contributed by atoms with Crippen molar-refractivity contribution >= 4 is 28.8 Å². The molecule has 6 heteroatoms. The third-order valence-electron chi connectivity index (χ3n) is 5.08. The van der Waals surface area contributed by atoms with Gasteiger partial charge in [-0.05, 0) is 50.3 Å². The Labute approximate surface area is 164 Å². The summed E-state index contributed by atoms with van der Waals surface area (Å²) in [5.41, 5.74) is 1.76. The molecule has 142 valence electrons. The van der Waals surface area contributed by atoms with Crippen LogP contribution in [0.25, 0.3) is 0 Å². The highest BCUT2D eigenvalue weighted by Gasteiger charge is 2.46. The molecule has 4 rings (SSSR count). The van der Waals surface area contributed by atoms with Gasteiger partial charge in [-0.2, -0.15) is 0 Å². The van der Waals surface area contributed by atoms with Crippen molar-refractivity contribution in [3.63, 3.8) is 0 Å². The minimum atomic E-state index is -0.348. The highest BCUT2D eigenvalue weighted by atomic mass is 32.1. The summed E-state index contributed by atoms with van der Waals surface area (Å²) in [6.45, 7) is 8.43. The van der Waals surface area contributed by atoms with Crippen LogP contribution in [-0.4, -0.2) is 40.8 Å². The highest BCUT2D eigenvalue weighted by molar-refractivity contribution is 7.12. The molecule has 2 aliphatic heterocycles. The zero-order valence-corrected chi connectivity index (χ0v) is 16.9. The molecule has 3 heterocycles. The Kier molecular flexibility index (Phi) is 4.56. The second-order valence-corrected chi connectivity index (χ2v) is 9.25. The molecular formula is C21H26N4OS. The number of nitrogens with zero attached hydrogens (tertiary/aromatic N) is 2. The first-order valence-corrected chi connectivity index (χ1v) is 10.3. The van der Waals surface area contributed by atoms with Crippen LogP contribution in [0.2, 0.25) is 0 Å². The fourth-order valence-electron chi connectivity index (χ4n) is 3.74. The summed E-state index contributed by atoms with van der Waals surface area (Å²) in [5, 5.41) is 9.28. The second-order valence-electron chi connectivity index (χ2n) is 8.30. The lowest BCUT2D eigenvalue weighted by Gasteiger charge is -2.32. The number of fused-ring (bicyclic) bond motifs is 1. The van der Waals surface area contributed by atoms with E-state index >= 15 is 0 Å². The van der Waals surface area contributed by atoms with Crippen LogP contribution < -0.4 is 10.6 Å². The summed E-state index contributed by atoms with van der Waals surface area (Å²) < 4.78 is 0. The Hall–Kier alpha value is -2.18. The Morgan fingerprint density at radius 3 is 2.78 bits per heavy atom. The lowest BCUT2D eigenvalue weighted by atomic mass is 9.95. The van der Waals surface area contributed by atoms with Gasteiger partial charge in [-0.1, -0.05) is 24.3 Å². The Morgan fingerprint density at radius 1 is 1.22 bits per heavy atom. The number of amidine groups is 1. The molecule has 1 aromatic heterocycles. The van der Waals surface area contributed by atoms with E-state index in [9.17, 15) is 4.79 Å². The van der Waals surface area contributed by atoms with Crippen LogP contribution in [0.4, 0.5) is 5.69 Å². The molecule has 1 atom stereocenters. The molecule has 2 aromatic rings. The summed E-state index contributed by atoms with van der Waals surface area (Å²) in [6.07, 6.45) is 0.847. The molecule has 27 heavy (non-hydrogen) atoms. The smallest absolute Gasteiger partial charge is 0.263 e. The SMILES string of the molecule is CC(C)(C)N=C1Nc2ccccc2CN[C@]12CCN(C(=O)c1cccs1)C2. The number of nitrogens with one attached hydrogen (secondary N) is 2. The summed E-state index contributed by atoms with van der Waals surface area (Å²) >= 11 is 1.50. The molecule has 1 amide bonds. The quantitative estimate of drug-likeness (QED) is 0.790. The fraction of sp³-hybridized carbons (Fsp3) is 0.429. The summed E-state index contributed by atoms with van der Waals surface area (Å²) in [7, 11) is 0. The largest absolute Gasteiger partial charge is 0.342 e. The van der Waals surface area contributed by atoms with Gasteiger partial charge in [0.1, 0.15) is 5.84 Å². The van der Waals surface area contributed by atoms with E-state index in [1.807, 2.05) is 28.5 Å². The first-order valence-electron chi connectivity index (χ1n) is 9.39. The average Bonchev–Trinajstić information content (AvgIpc) is 3.27. The van der Waals surface area contributed by atoms with E-state index in [1.54, 1.807) is 0 Å². The van der Waals surface area contributed by atoms with Crippen molar-refractivity contribution in [2.75, 3.05) is 18.4 Å². The van der Waals surface area contributed by atoms with Crippen LogP contribution in [0.15, 0.2) is 46.8 Å². The van der Waals surface area contributed by atoms with Crippen molar-refractivity contribution in [1.82, 2.24) is 10.2 Å². The number of amides is 1. The van der Waals surface area contributed by atoms with E-state index in [0.717, 1.165) is 35.9 Å². The van der Waals surface area contributed by atoms with Gasteiger partial charge in [0.05, 0.1) is 16.0 Å². The molecule has 2 N–H and O–H groups in total. The zero-order chi connectivity index (χ0) is 19.1. The number of para-hydroxylation sites is 1. The predicted molar refractivity (Wildman–Crippen MR) is 112 cm³/mol. The van der Waals surface area contributed by atoms with Crippen LogP contribution in [0, 0.1) is 0 Å². The number of likely N-dealkylation sites (tertiary alicyclic amines) is 1. The van der Waals surface area contributed by atoms with Gasteiger partial charge in [-0.3, -0.25) is 15.1 Å². The first-order chi connectivity index (χ1) is 12.9. The van der Waals surface area contributed by atoms with Crippen molar-refractivity contribution in [2.24, 2.45) is 4.99 Å². The molecule has 2 aliphatic rings. The number of rotatable bonds is 1. The monoisotopic (exact) mass is 382 g/mol. The molecule has 1 saturated heterocycles. The molecule has 0 aliphatic carbocycles. The van der Waals surface area contributed by atoms with Gasteiger partial charge < -0.3 is 10.2 Å². The summed E-state index contributed by atoms with van der Waals surface area (Å²) in [6, 6.07) is 12.2. The molecular weight excluding hydrogens is 356 g/mol. The molecule has 1 spiro atoms. The number of thiophene rings is 1. The van der Waals surface area contributed by atoms with Crippen LogP contribution in [0.5, 0.6) is 0 Å². The lowest BCUT2D eigenvalue weighted by Crippen LogP contribution is -2.56. The van der Waals surface area contributed by atoms with E-state index in [4.69, 9.17) is 4.99 Å². The standard InChI is InChI=1S/C21H26N4OS/c1-20(2,3)24-19-21(22-13-15-7-4-5-8-16(15)23-19)10-11-25(14-21)18(26)17-9-6-12-27-17/h4-9,12,22H,10-11,13-14H2,1-3H3,(H,23,24)/t21-/m0/s1. The van der Waals surface area contributed by atoms with Crippen molar-refractivity contribution in [3.05, 3.63) is 52.2 Å². The van der Waals surface area contributed by atoms with Crippen molar-refractivity contribution in [3.8, 4) is 0 Å². The highest BCUT2D eigenvalue weighted by Crippen LogP contribution is 2.31. The average molecular weight is 383 g/mol. The van der Waals surface area contributed by atoms with Gasteiger partial charge >= 0.3 is 0 Å². The minimum Gasteiger partial charge on any atom is -0.342 e. The van der Waals surface area contributed by atoms with Gasteiger partial charge in [0.15, 0.2) is 0 Å². The predicted octanol–water partition coefficient (Wildman–Crippen LogP) is 3.75. The Balaban J connectivity index is 1.68. The van der Waals surface area contributed by atoms with E-state index in [1.165, 1.54) is 16.9 Å². The van der Waals surface area contributed by atoms with E-state index in [-0.39, 0.29) is 17.0 Å². The van der Waals surface area contributed by atoms with Crippen molar-refractivity contribution < 1.29 is 4.79 Å². The summed E-state index contributed by atoms with van der Waals surface area (Å²) in [4.78, 5) is 20.7. The number of hydrogen-bond donors (Lipinski definition) is 2. The fourth-order valence-corrected chi connectivity index (χ4v) is 4.43. The van der Waals surface area contributed by atoms with Gasteiger partial charge in [0, 0.05) is 25.3 Å². The molecule has 0 radical (unpaired) electrons. The van der Waals surface area contributed by atoms with E-state index < -0.39 is 0 Å². The molecule has 0 saturated carbocycles. The number of hydrogen-bond acceptors (Lipinski definition) is 4. The van der Waals surface area contributed by atoms with Gasteiger partial charge in [0.2, 0.25) is 0 Å². The van der Waals surface area contributed by atoms with Crippen molar-refractivity contribution in [1.29, 1.82) is 0 Å². The van der Waals surface area contributed by atoms with E-state index in [2.05, 4.69) is 49.6 Å². The number of aliphatic imine (C=N–C) groups is 1. The minimum absolute atomic E-state index is 0.112. The number of anilines is 1. The number of carbonyl (C=O) groups is 1. The maximum Gasteiger partial charge on any atom is 0.263 e. The maximum absolute atomic E-state index is 12.9. The zero-order valence-electron chi connectivity index (χ0n) is 16.1. The molecule has 0 bridgehead atoms. The van der Waals surface area contributed by atoms with Gasteiger partial charge in [0.25, 0.3) is 5.91 Å². The lowest BCUT2D eigenvalue weighted by molar-refractivity contribution is 0.0790. The van der Waals surface area contributed by atoms with Crippen LogP contribution >= 0.6 is 11.3 Å². The molecule has 5 nitrogen and oxygen atoms in total. The first kappa shape index (κ1) is 18.2. The molecule has 0 unspecified atom stereocenters. The second kappa shape index (κ2) is 6.77. The number of carbonyl (C=O) groups excluding carboxylic acids is 1. The maximum atomic E-state index is 12.9. The normalized spacial score (nSPS) is 24.0. The Morgan fingerprint density at radius 2 is 2.04 bits per heavy atom. The third-order valence-corrected chi connectivity index (χ3v) is 5.93. The van der Waals surface area contributed by atoms with Crippen LogP contribution in [0.1, 0.15) is 42.4 Å². The van der Waals surface area contributed by atoms with E-state index in [0.29, 0.717) is 6.54 Å². The van der Waals surface area contributed by atoms with Crippen molar-refractivity contribution in [2.45, 2.75) is 44.8 Å². The molecule has 1 aromatic carbocycles. The third kappa shape index (κ3) is 3.64. The molecule has 1 fully saturated rings. The topological polar surface area (TPSA) is 56.7 Å². The van der Waals surface area contributed by atoms with Crippen LogP contribution in [0.3, 0.4) is 0 Å². The van der Waals surface area contributed by atoms with Gasteiger partial charge in [-0.15, -0.1) is 11.3 Å².